The third-order valence-electron chi connectivity index (χ3n) is 4.21. The van der Waals surface area contributed by atoms with Gasteiger partial charge in [0.05, 0.1) is 11.9 Å². The van der Waals surface area contributed by atoms with Crippen molar-refractivity contribution in [1.29, 1.82) is 0 Å². The molecule has 1 aromatic rings. The fourth-order valence-electron chi connectivity index (χ4n) is 3.23. The number of amides is 1. The topological polar surface area (TPSA) is 45.7 Å². The molecule has 2 aliphatic heterocycles. The van der Waals surface area contributed by atoms with Crippen molar-refractivity contribution in [3.63, 3.8) is 0 Å². The molecule has 22 heavy (non-hydrogen) atoms. The van der Waals surface area contributed by atoms with E-state index in [2.05, 4.69) is 31.9 Å². The number of pyridine rings is 1. The van der Waals surface area contributed by atoms with Crippen LogP contribution in [0.25, 0.3) is 0 Å². The van der Waals surface area contributed by atoms with E-state index in [1.807, 2.05) is 37.9 Å². The molecule has 0 bridgehead atoms. The Morgan fingerprint density at radius 3 is 2.36 bits per heavy atom. The van der Waals surface area contributed by atoms with Crippen molar-refractivity contribution in [2.45, 2.75) is 26.4 Å². The number of ether oxygens (including phenoxy) is 1. The summed E-state index contributed by atoms with van der Waals surface area (Å²) in [4.78, 5) is 20.7. The number of fused-ring (bicyclic) bond motifs is 1. The van der Waals surface area contributed by atoms with Gasteiger partial charge in [-0.1, -0.05) is 0 Å². The molecule has 3 heterocycles. The van der Waals surface area contributed by atoms with Gasteiger partial charge in [0.25, 0.3) is 0 Å². The van der Waals surface area contributed by atoms with Crippen LogP contribution in [0.4, 0.5) is 10.5 Å². The van der Waals surface area contributed by atoms with E-state index in [1.54, 1.807) is 0 Å². The number of hydrogen-bond donors (Lipinski definition) is 0. The third-order valence-corrected chi connectivity index (χ3v) is 4.68. The number of halogens is 1. The maximum atomic E-state index is 12.2. The van der Waals surface area contributed by atoms with Crippen molar-refractivity contribution in [2.24, 2.45) is 11.8 Å². The summed E-state index contributed by atoms with van der Waals surface area (Å²) in [7, 11) is 0. The van der Waals surface area contributed by atoms with E-state index in [-0.39, 0.29) is 6.09 Å². The van der Waals surface area contributed by atoms with E-state index in [0.717, 1.165) is 36.5 Å². The zero-order chi connectivity index (χ0) is 15.9. The molecule has 2 aliphatic rings. The summed E-state index contributed by atoms with van der Waals surface area (Å²) in [6.45, 7) is 9.26. The summed E-state index contributed by atoms with van der Waals surface area (Å²) in [5.74, 6) is 1.05. The van der Waals surface area contributed by atoms with Crippen molar-refractivity contribution in [1.82, 2.24) is 9.88 Å². The summed E-state index contributed by atoms with van der Waals surface area (Å²) in [5, 5.41) is 0. The van der Waals surface area contributed by atoms with Gasteiger partial charge in [-0.3, -0.25) is 0 Å². The summed E-state index contributed by atoms with van der Waals surface area (Å²) < 4.78 is 6.32. The summed E-state index contributed by atoms with van der Waals surface area (Å²) in [6, 6.07) is 4.06. The second kappa shape index (κ2) is 5.72. The average Bonchev–Trinajstić information content (AvgIpc) is 2.95. The van der Waals surface area contributed by atoms with Crippen LogP contribution in [0.1, 0.15) is 20.8 Å². The summed E-state index contributed by atoms with van der Waals surface area (Å²) in [5.41, 5.74) is 0.727. The Labute approximate surface area is 139 Å². The van der Waals surface area contributed by atoms with Crippen molar-refractivity contribution in [3.05, 3.63) is 22.9 Å². The van der Waals surface area contributed by atoms with Crippen LogP contribution in [0, 0.1) is 11.8 Å². The molecular weight excluding hydrogens is 346 g/mol. The van der Waals surface area contributed by atoms with Crippen LogP contribution in [0.2, 0.25) is 0 Å². The highest BCUT2D eigenvalue weighted by Gasteiger charge is 2.42. The Morgan fingerprint density at radius 1 is 1.23 bits per heavy atom. The van der Waals surface area contributed by atoms with E-state index >= 15 is 0 Å². The fraction of sp³-hybridized carbons (Fsp3) is 0.625. The standard InChI is InChI=1S/C16H22BrN3O2/c1-16(2,3)22-15(21)20-9-11-7-19(8-12(11)10-20)13-4-5-14(17)18-6-13/h4-6,11-12H,7-10H2,1-3H3/t11-,12+. The fourth-order valence-corrected chi connectivity index (χ4v) is 3.47. The van der Waals surface area contributed by atoms with Crippen LogP contribution in [0.5, 0.6) is 0 Å². The monoisotopic (exact) mass is 367 g/mol. The minimum absolute atomic E-state index is 0.182. The van der Waals surface area contributed by atoms with Gasteiger partial charge in [0, 0.05) is 38.0 Å². The highest BCUT2D eigenvalue weighted by molar-refractivity contribution is 9.10. The first-order valence-corrected chi connectivity index (χ1v) is 8.45. The van der Waals surface area contributed by atoms with E-state index in [1.165, 1.54) is 0 Å². The van der Waals surface area contributed by atoms with Gasteiger partial charge in [0.1, 0.15) is 10.2 Å². The number of rotatable bonds is 1. The molecule has 2 atom stereocenters. The SMILES string of the molecule is CC(C)(C)OC(=O)N1C[C@@H]2CN(c3ccc(Br)nc3)C[C@@H]2C1. The van der Waals surface area contributed by atoms with Gasteiger partial charge in [-0.05, 0) is 48.8 Å². The number of likely N-dealkylation sites (tertiary alicyclic amines) is 1. The first-order valence-electron chi connectivity index (χ1n) is 7.66. The number of carbonyl (C=O) groups is 1. The Balaban J connectivity index is 1.58. The molecule has 120 valence electrons. The van der Waals surface area contributed by atoms with Gasteiger partial charge in [0.15, 0.2) is 0 Å². The second-order valence-corrected chi connectivity index (χ2v) is 7.96. The smallest absolute Gasteiger partial charge is 0.410 e. The van der Waals surface area contributed by atoms with Gasteiger partial charge >= 0.3 is 6.09 Å². The Hall–Kier alpha value is -1.30. The van der Waals surface area contributed by atoms with E-state index in [0.29, 0.717) is 11.8 Å². The highest BCUT2D eigenvalue weighted by Crippen LogP contribution is 2.34. The van der Waals surface area contributed by atoms with Crippen LogP contribution in [-0.4, -0.2) is 47.8 Å². The minimum Gasteiger partial charge on any atom is -0.444 e. The van der Waals surface area contributed by atoms with Crippen LogP contribution in [0.3, 0.4) is 0 Å². The first kappa shape index (κ1) is 15.6. The first-order chi connectivity index (χ1) is 10.3. The van der Waals surface area contributed by atoms with Crippen LogP contribution in [-0.2, 0) is 4.74 Å². The Morgan fingerprint density at radius 2 is 1.86 bits per heavy atom. The lowest BCUT2D eigenvalue weighted by atomic mass is 10.0. The predicted molar refractivity (Wildman–Crippen MR) is 88.9 cm³/mol. The Kier molecular flexibility index (Phi) is 4.05. The molecule has 0 N–H and O–H groups in total. The third kappa shape index (κ3) is 3.37. The van der Waals surface area contributed by atoms with Crippen LogP contribution < -0.4 is 4.90 Å². The number of anilines is 1. The van der Waals surface area contributed by atoms with Gasteiger partial charge in [-0.15, -0.1) is 0 Å². The van der Waals surface area contributed by atoms with Gasteiger partial charge in [-0.25, -0.2) is 9.78 Å². The molecule has 0 aliphatic carbocycles. The van der Waals surface area contributed by atoms with E-state index in [4.69, 9.17) is 4.74 Å². The van der Waals surface area contributed by atoms with Crippen LogP contribution >= 0.6 is 15.9 Å². The highest BCUT2D eigenvalue weighted by atomic mass is 79.9. The molecule has 1 amide bonds. The zero-order valence-corrected chi connectivity index (χ0v) is 14.8. The summed E-state index contributed by atoms with van der Waals surface area (Å²) >= 11 is 3.36. The molecule has 0 aromatic carbocycles. The lowest BCUT2D eigenvalue weighted by Crippen LogP contribution is -2.37. The molecule has 0 spiro atoms. The predicted octanol–water partition coefficient (Wildman–Crippen LogP) is 3.15. The maximum absolute atomic E-state index is 12.2. The minimum atomic E-state index is -0.427. The van der Waals surface area contributed by atoms with Crippen molar-refractivity contribution in [3.8, 4) is 0 Å². The molecule has 5 nitrogen and oxygen atoms in total. The molecular formula is C16H22BrN3O2. The molecule has 2 saturated heterocycles. The van der Waals surface area contributed by atoms with E-state index in [9.17, 15) is 4.79 Å². The number of nitrogens with zero attached hydrogens (tertiary/aromatic N) is 3. The van der Waals surface area contributed by atoms with Crippen molar-refractivity contribution < 1.29 is 9.53 Å². The molecule has 3 rings (SSSR count). The van der Waals surface area contributed by atoms with Gasteiger partial charge in [-0.2, -0.15) is 0 Å². The lowest BCUT2D eigenvalue weighted by molar-refractivity contribution is 0.0282. The van der Waals surface area contributed by atoms with E-state index < -0.39 is 5.60 Å². The molecule has 2 fully saturated rings. The zero-order valence-electron chi connectivity index (χ0n) is 13.3. The number of aromatic nitrogens is 1. The lowest BCUT2D eigenvalue weighted by Gasteiger charge is -2.26. The van der Waals surface area contributed by atoms with Gasteiger partial charge in [0.2, 0.25) is 0 Å². The molecule has 1 aromatic heterocycles. The average molecular weight is 368 g/mol. The second-order valence-electron chi connectivity index (χ2n) is 7.15. The number of carbonyl (C=O) groups excluding carboxylic acids is 1. The normalized spacial score (nSPS) is 24.5. The van der Waals surface area contributed by atoms with Crippen molar-refractivity contribution in [2.75, 3.05) is 31.1 Å². The quantitative estimate of drug-likeness (QED) is 0.715. The van der Waals surface area contributed by atoms with Crippen LogP contribution in [0.15, 0.2) is 22.9 Å². The Bertz CT molecular complexity index is 542. The maximum Gasteiger partial charge on any atom is 0.410 e. The molecule has 0 unspecified atom stereocenters. The molecule has 0 radical (unpaired) electrons. The largest absolute Gasteiger partial charge is 0.444 e. The molecule has 0 saturated carbocycles. The number of hydrogen-bond acceptors (Lipinski definition) is 4. The summed E-state index contributed by atoms with van der Waals surface area (Å²) in [6.07, 6.45) is 1.72. The molecule has 6 heteroatoms. The van der Waals surface area contributed by atoms with Crippen molar-refractivity contribution >= 4 is 27.7 Å². The van der Waals surface area contributed by atoms with Gasteiger partial charge < -0.3 is 14.5 Å².